The Morgan fingerprint density at radius 3 is 2.73 bits per heavy atom. The molecule has 1 spiro atoms. The first-order chi connectivity index (χ1) is 12.4. The average molecular weight is 375 g/mol. The predicted molar refractivity (Wildman–Crippen MR) is 98.0 cm³/mol. The Bertz CT molecular complexity index is 920. The Kier molecular flexibility index (Phi) is 4.23. The van der Waals surface area contributed by atoms with Gasteiger partial charge in [0.25, 0.3) is 0 Å². The van der Waals surface area contributed by atoms with Gasteiger partial charge >= 0.3 is 0 Å². The van der Waals surface area contributed by atoms with E-state index < -0.39 is 15.8 Å². The summed E-state index contributed by atoms with van der Waals surface area (Å²) in [5.74, 6) is -0.522. The quantitative estimate of drug-likeness (QED) is 0.828. The van der Waals surface area contributed by atoms with Crippen LogP contribution in [-0.2, 0) is 10.0 Å². The summed E-state index contributed by atoms with van der Waals surface area (Å²) in [6.45, 7) is 4.41. The molecule has 3 heterocycles. The van der Waals surface area contributed by atoms with Crippen LogP contribution < -0.4 is 4.90 Å². The van der Waals surface area contributed by atoms with E-state index in [1.54, 1.807) is 13.1 Å². The molecule has 2 aliphatic heterocycles. The summed E-state index contributed by atoms with van der Waals surface area (Å²) in [6.07, 6.45) is 5.38. The lowest BCUT2D eigenvalue weighted by Crippen LogP contribution is -2.34. The van der Waals surface area contributed by atoms with Crippen LogP contribution in [0.15, 0.2) is 47.6 Å². The van der Waals surface area contributed by atoms with Crippen molar-refractivity contribution in [3.05, 3.63) is 54.1 Å². The fourth-order valence-corrected chi connectivity index (χ4v) is 5.91. The monoisotopic (exact) mass is 375 g/mol. The fourth-order valence-electron chi connectivity index (χ4n) is 4.12. The highest BCUT2D eigenvalue weighted by molar-refractivity contribution is 7.89. The van der Waals surface area contributed by atoms with Crippen LogP contribution >= 0.6 is 0 Å². The lowest BCUT2D eigenvalue weighted by atomic mass is 9.86. The van der Waals surface area contributed by atoms with Gasteiger partial charge in [-0.2, -0.15) is 4.31 Å². The molecule has 26 heavy (non-hydrogen) atoms. The zero-order valence-corrected chi connectivity index (χ0v) is 15.5. The molecule has 0 saturated carbocycles. The van der Waals surface area contributed by atoms with Crippen molar-refractivity contribution in [3.63, 3.8) is 0 Å². The first-order valence-corrected chi connectivity index (χ1v) is 10.3. The second-order valence-corrected chi connectivity index (χ2v) is 9.29. The van der Waals surface area contributed by atoms with Gasteiger partial charge in [-0.05, 0) is 49.6 Å². The van der Waals surface area contributed by atoms with Gasteiger partial charge in [0.1, 0.15) is 5.82 Å². The number of hydrogen-bond acceptors (Lipinski definition) is 4. The molecule has 2 saturated heterocycles. The predicted octanol–water partition coefficient (Wildman–Crippen LogP) is 2.82. The van der Waals surface area contributed by atoms with E-state index in [1.807, 2.05) is 18.3 Å². The molecule has 0 aliphatic carbocycles. The molecule has 1 aromatic carbocycles. The van der Waals surface area contributed by atoms with Crippen LogP contribution in [0.3, 0.4) is 0 Å². The van der Waals surface area contributed by atoms with Gasteiger partial charge in [0.05, 0.1) is 16.8 Å². The van der Waals surface area contributed by atoms with Gasteiger partial charge in [-0.15, -0.1) is 0 Å². The van der Waals surface area contributed by atoms with Crippen LogP contribution in [0.1, 0.15) is 18.4 Å². The Labute approximate surface area is 153 Å². The Morgan fingerprint density at radius 2 is 1.96 bits per heavy atom. The van der Waals surface area contributed by atoms with Crippen LogP contribution in [0, 0.1) is 18.2 Å². The molecule has 0 amide bonds. The van der Waals surface area contributed by atoms with Gasteiger partial charge in [-0.1, -0.05) is 6.07 Å². The van der Waals surface area contributed by atoms with Gasteiger partial charge in [-0.3, -0.25) is 4.98 Å². The number of benzene rings is 1. The molecular weight excluding hydrogens is 353 g/mol. The third kappa shape index (κ3) is 2.99. The molecule has 5 nitrogen and oxygen atoms in total. The maximum Gasteiger partial charge on any atom is 0.243 e. The van der Waals surface area contributed by atoms with E-state index in [0.717, 1.165) is 37.7 Å². The summed E-state index contributed by atoms with van der Waals surface area (Å²) < 4.78 is 41.2. The summed E-state index contributed by atoms with van der Waals surface area (Å²) in [5, 5.41) is 0. The van der Waals surface area contributed by atoms with Crippen molar-refractivity contribution in [2.45, 2.75) is 24.7 Å². The van der Waals surface area contributed by atoms with Crippen molar-refractivity contribution < 1.29 is 12.8 Å². The Balaban J connectivity index is 1.54. The first-order valence-electron chi connectivity index (χ1n) is 8.81. The summed E-state index contributed by atoms with van der Waals surface area (Å²) in [5.41, 5.74) is 1.62. The maximum absolute atomic E-state index is 13.6. The number of halogens is 1. The first kappa shape index (κ1) is 17.4. The van der Waals surface area contributed by atoms with E-state index in [2.05, 4.69) is 9.88 Å². The van der Waals surface area contributed by atoms with E-state index in [9.17, 15) is 12.8 Å². The van der Waals surface area contributed by atoms with Crippen LogP contribution in [0.25, 0.3) is 0 Å². The minimum absolute atomic E-state index is 0.0376. The van der Waals surface area contributed by atoms with E-state index in [-0.39, 0.29) is 10.3 Å². The number of hydrogen-bond donors (Lipinski definition) is 0. The lowest BCUT2D eigenvalue weighted by Gasteiger charge is -2.25. The second kappa shape index (κ2) is 6.32. The van der Waals surface area contributed by atoms with E-state index in [0.29, 0.717) is 18.7 Å². The molecule has 1 atom stereocenters. The number of rotatable bonds is 3. The number of nitrogens with zero attached hydrogens (tertiary/aromatic N) is 3. The van der Waals surface area contributed by atoms with Crippen molar-refractivity contribution in [3.8, 4) is 0 Å². The third-order valence-electron chi connectivity index (χ3n) is 5.62. The van der Waals surface area contributed by atoms with Gasteiger partial charge in [0.2, 0.25) is 10.0 Å². The molecule has 138 valence electrons. The molecule has 4 rings (SSSR count). The summed E-state index contributed by atoms with van der Waals surface area (Å²) in [6, 6.07) is 7.90. The van der Waals surface area contributed by atoms with E-state index in [4.69, 9.17) is 0 Å². The van der Waals surface area contributed by atoms with Crippen molar-refractivity contribution in [2.24, 2.45) is 5.41 Å². The van der Waals surface area contributed by atoms with Crippen LogP contribution in [0.5, 0.6) is 0 Å². The van der Waals surface area contributed by atoms with Crippen molar-refractivity contribution in [2.75, 3.05) is 31.1 Å². The third-order valence-corrected chi connectivity index (χ3v) is 7.61. The minimum atomic E-state index is -3.67. The SMILES string of the molecule is Cc1ccc(F)cc1S(=O)(=O)N1CCC2(CCN(c3cccnc3)C2)C1. The van der Waals surface area contributed by atoms with Gasteiger partial charge in [0, 0.05) is 37.8 Å². The van der Waals surface area contributed by atoms with Crippen molar-refractivity contribution in [1.29, 1.82) is 0 Å². The Morgan fingerprint density at radius 1 is 1.15 bits per heavy atom. The number of aromatic nitrogens is 1. The molecule has 1 unspecified atom stereocenters. The standard InChI is InChI=1S/C19H22FN3O2S/c1-15-4-5-16(20)11-18(15)26(24,25)23-10-7-19(14-23)6-9-22(13-19)17-3-2-8-21-12-17/h2-5,8,11-12H,6-7,9-10,13-14H2,1H3. The van der Waals surface area contributed by atoms with Gasteiger partial charge in [-0.25, -0.2) is 12.8 Å². The normalized spacial score (nSPS) is 23.8. The number of anilines is 1. The lowest BCUT2D eigenvalue weighted by molar-refractivity contribution is 0.341. The molecule has 2 aliphatic rings. The summed E-state index contributed by atoms with van der Waals surface area (Å²) >= 11 is 0. The molecule has 0 radical (unpaired) electrons. The summed E-state index contributed by atoms with van der Waals surface area (Å²) in [4.78, 5) is 6.53. The van der Waals surface area contributed by atoms with Crippen LogP contribution in [-0.4, -0.2) is 43.9 Å². The molecule has 2 fully saturated rings. The van der Waals surface area contributed by atoms with Crippen molar-refractivity contribution >= 4 is 15.7 Å². The highest BCUT2D eigenvalue weighted by Crippen LogP contribution is 2.42. The summed E-state index contributed by atoms with van der Waals surface area (Å²) in [7, 11) is -3.67. The smallest absolute Gasteiger partial charge is 0.243 e. The number of aryl methyl sites for hydroxylation is 1. The highest BCUT2D eigenvalue weighted by Gasteiger charge is 2.47. The molecule has 7 heteroatoms. The highest BCUT2D eigenvalue weighted by atomic mass is 32.2. The molecule has 1 aromatic heterocycles. The van der Waals surface area contributed by atoms with Crippen molar-refractivity contribution in [1.82, 2.24) is 9.29 Å². The zero-order chi connectivity index (χ0) is 18.4. The number of sulfonamides is 1. The molecule has 0 bridgehead atoms. The second-order valence-electron chi connectivity index (χ2n) is 7.38. The minimum Gasteiger partial charge on any atom is -0.370 e. The molecule has 2 aromatic rings. The van der Waals surface area contributed by atoms with Gasteiger partial charge < -0.3 is 4.90 Å². The largest absolute Gasteiger partial charge is 0.370 e. The van der Waals surface area contributed by atoms with Crippen LogP contribution in [0.4, 0.5) is 10.1 Å². The maximum atomic E-state index is 13.6. The van der Waals surface area contributed by atoms with E-state index >= 15 is 0 Å². The van der Waals surface area contributed by atoms with E-state index in [1.165, 1.54) is 16.4 Å². The fraction of sp³-hybridized carbons (Fsp3) is 0.421. The molecule has 0 N–H and O–H groups in total. The Hall–Kier alpha value is -1.99. The van der Waals surface area contributed by atoms with Crippen LogP contribution in [0.2, 0.25) is 0 Å². The molecular formula is C19H22FN3O2S. The number of pyridine rings is 1. The average Bonchev–Trinajstić information content (AvgIpc) is 3.26. The topological polar surface area (TPSA) is 53.5 Å². The van der Waals surface area contributed by atoms with Gasteiger partial charge in [0.15, 0.2) is 0 Å². The zero-order valence-electron chi connectivity index (χ0n) is 14.7.